The summed E-state index contributed by atoms with van der Waals surface area (Å²) in [5.41, 5.74) is 0.370. The zero-order valence-corrected chi connectivity index (χ0v) is 18.8. The lowest BCUT2D eigenvalue weighted by atomic mass is 9.47. The van der Waals surface area contributed by atoms with Crippen LogP contribution >= 0.6 is 0 Å². The average molecular weight is 414 g/mol. The molecule has 1 aliphatic heterocycles. The minimum absolute atomic E-state index is 0.132. The van der Waals surface area contributed by atoms with Crippen molar-refractivity contribution in [2.24, 2.45) is 34.5 Å². The highest BCUT2D eigenvalue weighted by molar-refractivity contribution is 5.80. The van der Waals surface area contributed by atoms with Gasteiger partial charge in [0.2, 0.25) is 11.8 Å². The Bertz CT molecular complexity index is 716. The third-order valence-corrected chi connectivity index (χ3v) is 9.68. The zero-order chi connectivity index (χ0) is 21.4. The number of fused-ring (bicyclic) bond motifs is 5. The molecule has 0 aromatic carbocycles. The van der Waals surface area contributed by atoms with Gasteiger partial charge in [0.1, 0.15) is 0 Å². The molecule has 5 heteroatoms. The minimum Gasteiger partial charge on any atom is -0.356 e. The number of rotatable bonds is 6. The van der Waals surface area contributed by atoms with Gasteiger partial charge in [-0.2, -0.15) is 5.26 Å². The molecule has 0 radical (unpaired) electrons. The largest absolute Gasteiger partial charge is 0.356 e. The Balaban J connectivity index is 1.38. The van der Waals surface area contributed by atoms with Crippen molar-refractivity contribution in [1.29, 1.82) is 5.26 Å². The molecule has 166 valence electrons. The Labute approximate surface area is 181 Å². The molecule has 4 aliphatic rings. The Morgan fingerprint density at radius 2 is 1.87 bits per heavy atom. The second-order valence-electron chi connectivity index (χ2n) is 11.0. The monoisotopic (exact) mass is 413 g/mol. The van der Waals surface area contributed by atoms with E-state index < -0.39 is 0 Å². The summed E-state index contributed by atoms with van der Waals surface area (Å²) in [6.45, 7) is 5.57. The Hall–Kier alpha value is -1.57. The molecular weight excluding hydrogens is 374 g/mol. The zero-order valence-electron chi connectivity index (χ0n) is 18.8. The van der Waals surface area contributed by atoms with Gasteiger partial charge in [-0.05, 0) is 86.4 Å². The van der Waals surface area contributed by atoms with Gasteiger partial charge in [0.15, 0.2) is 0 Å². The number of nitrogens with zero attached hydrogens (tertiary/aromatic N) is 1. The van der Waals surface area contributed by atoms with Gasteiger partial charge in [-0.25, -0.2) is 0 Å². The van der Waals surface area contributed by atoms with E-state index in [2.05, 4.69) is 30.6 Å². The second kappa shape index (κ2) is 8.52. The van der Waals surface area contributed by atoms with E-state index in [0.717, 1.165) is 51.5 Å². The molecule has 2 N–H and O–H groups in total. The van der Waals surface area contributed by atoms with Gasteiger partial charge in [0.05, 0.1) is 6.07 Å². The highest BCUT2D eigenvalue weighted by Gasteiger charge is 2.61. The summed E-state index contributed by atoms with van der Waals surface area (Å²) in [6, 6.07) is 2.54. The third kappa shape index (κ3) is 3.65. The maximum atomic E-state index is 13.1. The van der Waals surface area contributed by atoms with Gasteiger partial charge in [0.25, 0.3) is 0 Å². The number of carbonyl (C=O) groups excluding carboxylic acids is 2. The molecule has 1 heterocycles. The average Bonchev–Trinajstić information content (AvgIpc) is 3.08. The van der Waals surface area contributed by atoms with Crippen LogP contribution in [-0.4, -0.2) is 24.4 Å². The molecule has 30 heavy (non-hydrogen) atoms. The molecule has 3 saturated carbocycles. The summed E-state index contributed by atoms with van der Waals surface area (Å²) in [6.07, 6.45) is 12.1. The first-order valence-corrected chi connectivity index (χ1v) is 12.3. The van der Waals surface area contributed by atoms with E-state index in [1.807, 2.05) is 0 Å². The van der Waals surface area contributed by atoms with Crippen molar-refractivity contribution in [2.45, 2.75) is 96.9 Å². The third-order valence-electron chi connectivity index (χ3n) is 9.68. The number of unbranched alkanes of at least 4 members (excludes halogenated alkanes) is 3. The van der Waals surface area contributed by atoms with Crippen LogP contribution in [0.15, 0.2) is 0 Å². The molecule has 0 aromatic rings. The van der Waals surface area contributed by atoms with E-state index in [1.54, 1.807) is 0 Å². The molecule has 2 amide bonds. The molecule has 7 atom stereocenters. The van der Waals surface area contributed by atoms with E-state index in [4.69, 9.17) is 5.26 Å². The summed E-state index contributed by atoms with van der Waals surface area (Å²) in [7, 11) is 0. The number of amides is 2. The highest BCUT2D eigenvalue weighted by atomic mass is 16.2. The Morgan fingerprint density at radius 3 is 2.67 bits per heavy atom. The summed E-state index contributed by atoms with van der Waals surface area (Å²) >= 11 is 0. The minimum atomic E-state index is 0.132. The first kappa shape index (κ1) is 21.7. The summed E-state index contributed by atoms with van der Waals surface area (Å²) in [5, 5.41) is 15.2. The summed E-state index contributed by atoms with van der Waals surface area (Å²) in [5.74, 6) is 2.71. The Morgan fingerprint density at radius 1 is 1.07 bits per heavy atom. The molecule has 0 bridgehead atoms. The van der Waals surface area contributed by atoms with Crippen molar-refractivity contribution in [2.75, 3.05) is 6.54 Å². The van der Waals surface area contributed by atoms with Crippen molar-refractivity contribution in [3.05, 3.63) is 0 Å². The number of hydrogen-bond acceptors (Lipinski definition) is 3. The predicted molar refractivity (Wildman–Crippen MR) is 116 cm³/mol. The molecule has 0 aromatic heterocycles. The SMILES string of the molecule is C[C@]12CCC(=O)N[C@@H]1CC[C@@H]1[C@@H]2CC[C@]2(C)C(C(=O)NCCCCCC#N)CC[C@@H]12. The molecule has 1 unspecified atom stereocenters. The van der Waals surface area contributed by atoms with Crippen LogP contribution in [0.2, 0.25) is 0 Å². The number of piperidine rings is 1. The van der Waals surface area contributed by atoms with Crippen LogP contribution in [0.4, 0.5) is 0 Å². The van der Waals surface area contributed by atoms with Gasteiger partial charge in [-0.1, -0.05) is 20.3 Å². The van der Waals surface area contributed by atoms with Gasteiger partial charge >= 0.3 is 0 Å². The number of carbonyl (C=O) groups is 2. The van der Waals surface area contributed by atoms with Gasteiger partial charge in [-0.15, -0.1) is 0 Å². The van der Waals surface area contributed by atoms with Crippen molar-refractivity contribution in [3.63, 3.8) is 0 Å². The molecule has 1 saturated heterocycles. The maximum absolute atomic E-state index is 13.1. The smallest absolute Gasteiger partial charge is 0.223 e. The fraction of sp³-hybridized carbons (Fsp3) is 0.880. The lowest BCUT2D eigenvalue weighted by molar-refractivity contribution is -0.141. The number of hydrogen-bond donors (Lipinski definition) is 2. The van der Waals surface area contributed by atoms with Crippen LogP contribution in [0.5, 0.6) is 0 Å². The number of nitriles is 1. The van der Waals surface area contributed by atoms with Crippen LogP contribution in [0.1, 0.15) is 90.9 Å². The van der Waals surface area contributed by atoms with Gasteiger partial charge < -0.3 is 10.6 Å². The fourth-order valence-electron chi connectivity index (χ4n) is 7.97. The quantitative estimate of drug-likeness (QED) is 0.636. The van der Waals surface area contributed by atoms with E-state index in [0.29, 0.717) is 36.6 Å². The molecule has 3 aliphatic carbocycles. The van der Waals surface area contributed by atoms with E-state index in [9.17, 15) is 9.59 Å². The topological polar surface area (TPSA) is 82.0 Å². The Kier molecular flexibility index (Phi) is 6.15. The molecule has 5 nitrogen and oxygen atoms in total. The van der Waals surface area contributed by atoms with E-state index in [-0.39, 0.29) is 28.6 Å². The van der Waals surface area contributed by atoms with Crippen LogP contribution < -0.4 is 10.6 Å². The molecule has 0 spiro atoms. The number of nitrogens with one attached hydrogen (secondary N) is 2. The highest BCUT2D eigenvalue weighted by Crippen LogP contribution is 2.65. The standard InChI is InChI=1S/C25H39N3O2/c1-24-13-11-19-17(7-10-21-25(19,2)14-12-22(29)28-21)18(24)8-9-20(24)23(30)27-16-6-4-3-5-15-26/h17-21H,3-14,16H2,1-2H3,(H,27,30)(H,28,29)/t17-,18-,19-,20?,21+,24-,25+/m0/s1. The molecule has 4 fully saturated rings. The van der Waals surface area contributed by atoms with Gasteiger partial charge in [-0.3, -0.25) is 9.59 Å². The van der Waals surface area contributed by atoms with Crippen LogP contribution in [0.3, 0.4) is 0 Å². The molecule has 4 rings (SSSR count). The predicted octanol–water partition coefficient (Wildman–Crippen LogP) is 4.32. The van der Waals surface area contributed by atoms with E-state index in [1.165, 1.54) is 19.3 Å². The van der Waals surface area contributed by atoms with Crippen molar-refractivity contribution >= 4 is 11.8 Å². The van der Waals surface area contributed by atoms with Crippen LogP contribution in [0, 0.1) is 45.8 Å². The van der Waals surface area contributed by atoms with Crippen molar-refractivity contribution < 1.29 is 9.59 Å². The lowest BCUT2D eigenvalue weighted by Crippen LogP contribution is -2.61. The first-order chi connectivity index (χ1) is 14.4. The van der Waals surface area contributed by atoms with Crippen molar-refractivity contribution in [1.82, 2.24) is 10.6 Å². The van der Waals surface area contributed by atoms with E-state index >= 15 is 0 Å². The van der Waals surface area contributed by atoms with Crippen LogP contribution in [-0.2, 0) is 9.59 Å². The summed E-state index contributed by atoms with van der Waals surface area (Å²) < 4.78 is 0. The van der Waals surface area contributed by atoms with Gasteiger partial charge in [0, 0.05) is 31.3 Å². The lowest BCUT2D eigenvalue weighted by Gasteiger charge is -2.60. The fourth-order valence-corrected chi connectivity index (χ4v) is 7.97. The normalized spacial score (nSPS) is 42.3. The second-order valence-corrected chi connectivity index (χ2v) is 11.0. The maximum Gasteiger partial charge on any atom is 0.223 e. The van der Waals surface area contributed by atoms with Crippen LogP contribution in [0.25, 0.3) is 0 Å². The molecular formula is C25H39N3O2. The van der Waals surface area contributed by atoms with Crippen molar-refractivity contribution in [3.8, 4) is 6.07 Å². The first-order valence-electron chi connectivity index (χ1n) is 12.3. The summed E-state index contributed by atoms with van der Waals surface area (Å²) in [4.78, 5) is 25.0.